The van der Waals surface area contributed by atoms with Crippen LogP contribution in [0.3, 0.4) is 0 Å². The van der Waals surface area contributed by atoms with Crippen LogP contribution in [0.15, 0.2) is 6.07 Å². The predicted octanol–water partition coefficient (Wildman–Crippen LogP) is 2.74. The first-order valence-corrected chi connectivity index (χ1v) is 6.90. The second-order valence-corrected chi connectivity index (χ2v) is 5.96. The lowest BCUT2D eigenvalue weighted by Crippen LogP contribution is -2.13. The van der Waals surface area contributed by atoms with Crippen molar-refractivity contribution in [1.29, 1.82) is 0 Å². The predicted molar refractivity (Wildman–Crippen MR) is 77.9 cm³/mol. The molecule has 6 heteroatoms. The van der Waals surface area contributed by atoms with E-state index in [1.165, 1.54) is 4.88 Å². The third kappa shape index (κ3) is 2.88. The van der Waals surface area contributed by atoms with Crippen LogP contribution >= 0.6 is 11.3 Å². The molecular formula is C12H19N5S. The summed E-state index contributed by atoms with van der Waals surface area (Å²) in [5, 5.41) is 4.44. The number of nitrogens with zero attached hydrogens (tertiary/aromatic N) is 2. The average molecular weight is 265 g/mol. The van der Waals surface area contributed by atoms with Gasteiger partial charge in [0.05, 0.1) is 5.39 Å². The molecule has 0 amide bonds. The minimum absolute atomic E-state index is 0.455. The van der Waals surface area contributed by atoms with Crippen LogP contribution in [-0.2, 0) is 0 Å². The number of hydrogen-bond acceptors (Lipinski definition) is 6. The van der Waals surface area contributed by atoms with Gasteiger partial charge in [-0.15, -0.1) is 11.3 Å². The highest BCUT2D eigenvalue weighted by Crippen LogP contribution is 2.29. The average Bonchev–Trinajstić information content (AvgIpc) is 2.68. The molecule has 5 nitrogen and oxygen atoms in total. The van der Waals surface area contributed by atoms with Crippen molar-refractivity contribution in [2.24, 2.45) is 11.8 Å². The molecular weight excluding hydrogens is 246 g/mol. The molecule has 2 aromatic heterocycles. The third-order valence-electron chi connectivity index (χ3n) is 2.66. The molecule has 0 saturated heterocycles. The van der Waals surface area contributed by atoms with E-state index in [4.69, 9.17) is 5.84 Å². The van der Waals surface area contributed by atoms with E-state index in [-0.39, 0.29) is 0 Å². The Labute approximate surface area is 111 Å². The van der Waals surface area contributed by atoms with Crippen LogP contribution in [0.1, 0.15) is 25.1 Å². The second-order valence-electron chi connectivity index (χ2n) is 4.73. The second kappa shape index (κ2) is 5.49. The van der Waals surface area contributed by atoms with Crippen molar-refractivity contribution in [3.8, 4) is 0 Å². The van der Waals surface area contributed by atoms with Gasteiger partial charge in [0.1, 0.15) is 10.6 Å². The van der Waals surface area contributed by atoms with Gasteiger partial charge in [-0.3, -0.25) is 5.43 Å². The van der Waals surface area contributed by atoms with Crippen LogP contribution in [0.2, 0.25) is 0 Å². The highest BCUT2D eigenvalue weighted by molar-refractivity contribution is 7.18. The molecule has 2 rings (SSSR count). The van der Waals surface area contributed by atoms with Crippen LogP contribution in [0, 0.1) is 12.8 Å². The maximum absolute atomic E-state index is 5.40. The molecule has 0 saturated carbocycles. The summed E-state index contributed by atoms with van der Waals surface area (Å²) in [5.74, 6) is 7.38. The third-order valence-corrected chi connectivity index (χ3v) is 3.60. The zero-order chi connectivity index (χ0) is 13.1. The maximum Gasteiger partial charge on any atom is 0.240 e. The normalized spacial score (nSPS) is 11.2. The van der Waals surface area contributed by atoms with Gasteiger partial charge < -0.3 is 5.32 Å². The first-order valence-electron chi connectivity index (χ1n) is 6.09. The molecule has 0 aromatic carbocycles. The number of thiophene rings is 1. The molecule has 18 heavy (non-hydrogen) atoms. The number of aryl methyl sites for hydroxylation is 1. The summed E-state index contributed by atoms with van der Waals surface area (Å²) in [4.78, 5) is 10.9. The summed E-state index contributed by atoms with van der Waals surface area (Å²) in [7, 11) is 0. The Morgan fingerprint density at radius 3 is 2.83 bits per heavy atom. The summed E-state index contributed by atoms with van der Waals surface area (Å²) in [6.45, 7) is 7.39. The van der Waals surface area contributed by atoms with E-state index < -0.39 is 0 Å². The van der Waals surface area contributed by atoms with Crippen molar-refractivity contribution in [1.82, 2.24) is 9.97 Å². The fourth-order valence-corrected chi connectivity index (χ4v) is 2.60. The lowest BCUT2D eigenvalue weighted by Gasteiger charge is -2.09. The van der Waals surface area contributed by atoms with Crippen LogP contribution in [0.4, 0.5) is 11.8 Å². The standard InChI is InChI=1S/C12H19N5S/c1-7(2)4-5-14-10-9-6-8(3)18-11(9)16-12(15-10)17-13/h6-7H,4-5,13H2,1-3H3,(H2,14,15,16,17). The molecule has 0 atom stereocenters. The maximum atomic E-state index is 5.40. The molecule has 0 unspecified atom stereocenters. The number of hydrogen-bond donors (Lipinski definition) is 3. The first-order chi connectivity index (χ1) is 8.60. The van der Waals surface area contributed by atoms with Crippen molar-refractivity contribution in [3.05, 3.63) is 10.9 Å². The van der Waals surface area contributed by atoms with E-state index in [1.807, 2.05) is 0 Å². The Morgan fingerprint density at radius 1 is 1.39 bits per heavy atom. The number of aromatic nitrogens is 2. The van der Waals surface area contributed by atoms with E-state index in [2.05, 4.69) is 47.5 Å². The zero-order valence-corrected chi connectivity index (χ0v) is 11.8. The minimum Gasteiger partial charge on any atom is -0.369 e. The summed E-state index contributed by atoms with van der Waals surface area (Å²) in [5.41, 5.74) is 2.51. The molecule has 0 radical (unpaired) electrons. The minimum atomic E-state index is 0.455. The van der Waals surface area contributed by atoms with Gasteiger partial charge in [-0.2, -0.15) is 4.98 Å². The van der Waals surface area contributed by atoms with E-state index in [9.17, 15) is 0 Å². The quantitative estimate of drug-likeness (QED) is 0.572. The number of fused-ring (bicyclic) bond motifs is 1. The van der Waals surface area contributed by atoms with Gasteiger partial charge in [0.2, 0.25) is 5.95 Å². The Bertz CT molecular complexity index is 534. The van der Waals surface area contributed by atoms with Gasteiger partial charge in [0.25, 0.3) is 0 Å². The SMILES string of the molecule is Cc1cc2c(NCCC(C)C)nc(NN)nc2s1. The Kier molecular flexibility index (Phi) is 3.98. The van der Waals surface area contributed by atoms with E-state index in [0.717, 1.165) is 29.0 Å². The lowest BCUT2D eigenvalue weighted by molar-refractivity contribution is 0.607. The van der Waals surface area contributed by atoms with Crippen LogP contribution < -0.4 is 16.6 Å². The summed E-state index contributed by atoms with van der Waals surface area (Å²) in [6, 6.07) is 2.11. The number of hydrazine groups is 1. The van der Waals surface area contributed by atoms with Crippen molar-refractivity contribution in [2.45, 2.75) is 27.2 Å². The topological polar surface area (TPSA) is 75.9 Å². The van der Waals surface area contributed by atoms with E-state index in [1.54, 1.807) is 11.3 Å². The summed E-state index contributed by atoms with van der Waals surface area (Å²) >= 11 is 1.65. The summed E-state index contributed by atoms with van der Waals surface area (Å²) in [6.07, 6.45) is 1.11. The molecule has 2 aromatic rings. The molecule has 2 heterocycles. The summed E-state index contributed by atoms with van der Waals surface area (Å²) < 4.78 is 0. The molecule has 4 N–H and O–H groups in total. The monoisotopic (exact) mass is 265 g/mol. The van der Waals surface area contributed by atoms with Crippen molar-refractivity contribution < 1.29 is 0 Å². The highest BCUT2D eigenvalue weighted by atomic mass is 32.1. The van der Waals surface area contributed by atoms with E-state index >= 15 is 0 Å². The Morgan fingerprint density at radius 2 is 2.17 bits per heavy atom. The molecule has 0 aliphatic rings. The fraction of sp³-hybridized carbons (Fsp3) is 0.500. The number of rotatable bonds is 5. The highest BCUT2D eigenvalue weighted by Gasteiger charge is 2.09. The lowest BCUT2D eigenvalue weighted by atomic mass is 10.1. The van der Waals surface area contributed by atoms with E-state index in [0.29, 0.717) is 11.9 Å². The molecule has 0 aliphatic carbocycles. The van der Waals surface area contributed by atoms with Crippen LogP contribution in [0.25, 0.3) is 10.2 Å². The number of nitrogens with one attached hydrogen (secondary N) is 2. The van der Waals surface area contributed by atoms with Gasteiger partial charge >= 0.3 is 0 Å². The fourth-order valence-electron chi connectivity index (χ4n) is 1.72. The van der Waals surface area contributed by atoms with Crippen LogP contribution in [-0.4, -0.2) is 16.5 Å². The molecule has 0 bridgehead atoms. The molecule has 98 valence electrons. The van der Waals surface area contributed by atoms with Gasteiger partial charge in [-0.05, 0) is 25.3 Å². The molecule has 0 fully saturated rings. The first kappa shape index (κ1) is 13.0. The Hall–Kier alpha value is -1.40. The van der Waals surface area contributed by atoms with Gasteiger partial charge in [-0.25, -0.2) is 10.8 Å². The van der Waals surface area contributed by atoms with Gasteiger partial charge in [0, 0.05) is 11.4 Å². The Balaban J connectivity index is 2.28. The zero-order valence-electron chi connectivity index (χ0n) is 10.9. The van der Waals surface area contributed by atoms with Crippen molar-refractivity contribution in [3.63, 3.8) is 0 Å². The molecule has 0 spiro atoms. The number of nitrogen functional groups attached to an aromatic ring is 1. The number of nitrogens with two attached hydrogens (primary N) is 1. The smallest absolute Gasteiger partial charge is 0.240 e. The van der Waals surface area contributed by atoms with Crippen molar-refractivity contribution in [2.75, 3.05) is 17.3 Å². The van der Waals surface area contributed by atoms with Crippen LogP contribution in [0.5, 0.6) is 0 Å². The largest absolute Gasteiger partial charge is 0.369 e. The van der Waals surface area contributed by atoms with Crippen molar-refractivity contribution >= 4 is 33.3 Å². The molecule has 0 aliphatic heterocycles. The van der Waals surface area contributed by atoms with Gasteiger partial charge in [0.15, 0.2) is 0 Å². The van der Waals surface area contributed by atoms with Gasteiger partial charge in [-0.1, -0.05) is 13.8 Å². The number of anilines is 2.